The first-order chi connectivity index (χ1) is 15.7. The number of hydrogen-bond donors (Lipinski definition) is 0. The lowest BCUT2D eigenvalue weighted by molar-refractivity contribution is -0.659. The van der Waals surface area contributed by atoms with E-state index in [2.05, 4.69) is 67.2 Å². The summed E-state index contributed by atoms with van der Waals surface area (Å²) in [6.07, 6.45) is 16.5. The molecule has 0 spiro atoms. The molecule has 1 unspecified atom stereocenters. The highest BCUT2D eigenvalue weighted by Gasteiger charge is 2.36. The first kappa shape index (κ1) is 20.5. The zero-order valence-electron chi connectivity index (χ0n) is 19.9. The Morgan fingerprint density at radius 1 is 0.781 bits per heavy atom. The Kier molecular flexibility index (Phi) is 5.32. The van der Waals surface area contributed by atoms with Crippen molar-refractivity contribution in [2.45, 2.75) is 83.0 Å². The molecule has 0 radical (unpaired) electrons. The van der Waals surface area contributed by atoms with Gasteiger partial charge in [-0.1, -0.05) is 56.4 Å². The van der Waals surface area contributed by atoms with Gasteiger partial charge in [-0.25, -0.2) is 4.57 Å². The number of aromatic nitrogens is 1. The van der Waals surface area contributed by atoms with Gasteiger partial charge in [-0.2, -0.15) is 0 Å². The second-order valence-electron chi connectivity index (χ2n) is 11.2. The van der Waals surface area contributed by atoms with Crippen LogP contribution >= 0.6 is 0 Å². The quantitative estimate of drug-likeness (QED) is 0.375. The second-order valence-corrected chi connectivity index (χ2v) is 11.2. The Labute approximate surface area is 193 Å². The molecular weight excluding hydrogens is 386 g/mol. The minimum atomic E-state index is 0.747. The Hall–Kier alpha value is -2.15. The lowest BCUT2D eigenvalue weighted by Crippen LogP contribution is -2.31. The van der Waals surface area contributed by atoms with Crippen LogP contribution in [0.2, 0.25) is 0 Å². The van der Waals surface area contributed by atoms with Crippen molar-refractivity contribution in [3.63, 3.8) is 0 Å². The highest BCUT2D eigenvalue weighted by Crippen LogP contribution is 2.50. The molecule has 166 valence electrons. The number of nitrogens with zero attached hydrogens (tertiary/aromatic N) is 1. The first-order valence-corrected chi connectivity index (χ1v) is 13.2. The number of hydrogen-bond acceptors (Lipinski definition) is 0. The molecule has 4 fully saturated rings. The van der Waals surface area contributed by atoms with Gasteiger partial charge in [0.05, 0.1) is 5.39 Å². The number of pyridine rings is 1. The van der Waals surface area contributed by atoms with Crippen molar-refractivity contribution in [1.82, 2.24) is 0 Å². The standard InChI is InChI=1S/C31H38N/c1-21-8-11-25(23-6-4-3-5-7-23)20-29(21)31-28-15-14-26(19-27(28)16-17-32(31)2)30-18-22-9-12-24(30)13-10-22/h8,11,14-17,19-20,22-24,30H,3-7,9-10,12-13,18H2,1-2H3/q+1. The van der Waals surface area contributed by atoms with E-state index >= 15 is 0 Å². The predicted octanol–water partition coefficient (Wildman–Crippen LogP) is 7.98. The van der Waals surface area contributed by atoms with Gasteiger partial charge in [0.2, 0.25) is 5.69 Å². The Morgan fingerprint density at radius 2 is 1.56 bits per heavy atom. The summed E-state index contributed by atoms with van der Waals surface area (Å²) in [7, 11) is 2.22. The number of aryl methyl sites for hydroxylation is 2. The molecule has 1 heteroatoms. The minimum absolute atomic E-state index is 0.747. The highest BCUT2D eigenvalue weighted by molar-refractivity contribution is 5.94. The van der Waals surface area contributed by atoms with E-state index in [0.717, 1.165) is 23.7 Å². The smallest absolute Gasteiger partial charge is 0.200 e. The van der Waals surface area contributed by atoms with Gasteiger partial charge in [-0.15, -0.1) is 0 Å². The van der Waals surface area contributed by atoms with Gasteiger partial charge in [0, 0.05) is 11.6 Å². The van der Waals surface area contributed by atoms with Crippen molar-refractivity contribution in [1.29, 1.82) is 0 Å². The fourth-order valence-corrected chi connectivity index (χ4v) is 7.33. The Bertz CT molecular complexity index is 1130. The summed E-state index contributed by atoms with van der Waals surface area (Å²) < 4.78 is 2.34. The third-order valence-electron chi connectivity index (χ3n) is 9.23. The Morgan fingerprint density at radius 3 is 2.31 bits per heavy atom. The lowest BCUT2D eigenvalue weighted by Gasteiger charge is -2.42. The minimum Gasteiger partial charge on any atom is -0.200 e. The van der Waals surface area contributed by atoms with Crippen molar-refractivity contribution in [2.75, 3.05) is 0 Å². The maximum absolute atomic E-state index is 2.53. The van der Waals surface area contributed by atoms with Crippen molar-refractivity contribution in [3.05, 3.63) is 65.4 Å². The van der Waals surface area contributed by atoms with Crippen molar-refractivity contribution in [3.8, 4) is 11.3 Å². The third kappa shape index (κ3) is 3.58. The average Bonchev–Trinajstić information content (AvgIpc) is 2.85. The third-order valence-corrected chi connectivity index (χ3v) is 9.23. The summed E-state index contributed by atoms with van der Waals surface area (Å²) in [5.41, 5.74) is 7.35. The van der Waals surface area contributed by atoms with E-state index in [1.54, 1.807) is 11.1 Å². The van der Waals surface area contributed by atoms with Crippen LogP contribution in [0.5, 0.6) is 0 Å². The molecular formula is C31H38N+. The van der Waals surface area contributed by atoms with Crippen LogP contribution in [0.15, 0.2) is 48.7 Å². The summed E-state index contributed by atoms with van der Waals surface area (Å²) in [6.45, 7) is 2.28. The molecule has 2 aromatic carbocycles. The molecule has 1 heterocycles. The predicted molar refractivity (Wildman–Crippen MR) is 134 cm³/mol. The van der Waals surface area contributed by atoms with Crippen LogP contribution in [-0.4, -0.2) is 0 Å². The molecule has 32 heavy (non-hydrogen) atoms. The lowest BCUT2D eigenvalue weighted by atomic mass is 9.63. The molecule has 4 saturated carbocycles. The molecule has 1 aromatic heterocycles. The van der Waals surface area contributed by atoms with Gasteiger partial charge in [0.25, 0.3) is 0 Å². The Balaban J connectivity index is 1.42. The van der Waals surface area contributed by atoms with Crippen LogP contribution in [0.4, 0.5) is 0 Å². The molecule has 2 bridgehead atoms. The van der Waals surface area contributed by atoms with E-state index in [9.17, 15) is 0 Å². The van der Waals surface area contributed by atoms with Gasteiger partial charge >= 0.3 is 0 Å². The average molecular weight is 425 g/mol. The first-order valence-electron chi connectivity index (χ1n) is 13.2. The molecule has 3 aromatic rings. The van der Waals surface area contributed by atoms with E-state index in [1.165, 1.54) is 91.8 Å². The summed E-state index contributed by atoms with van der Waals surface area (Å²) in [4.78, 5) is 0. The molecule has 0 amide bonds. The second kappa shape index (κ2) is 8.32. The maximum Gasteiger partial charge on any atom is 0.220 e. The maximum atomic E-state index is 2.53. The van der Waals surface area contributed by atoms with E-state index < -0.39 is 0 Å². The van der Waals surface area contributed by atoms with Gasteiger partial charge in [-0.05, 0) is 96.9 Å². The molecule has 1 nitrogen and oxygen atoms in total. The van der Waals surface area contributed by atoms with Crippen LogP contribution in [-0.2, 0) is 7.05 Å². The van der Waals surface area contributed by atoms with Crippen LogP contribution < -0.4 is 4.57 Å². The summed E-state index contributed by atoms with van der Waals surface area (Å²) >= 11 is 0. The zero-order chi connectivity index (χ0) is 21.7. The SMILES string of the molecule is Cc1ccc(C2CCCCC2)cc1-c1c2ccc(C3CC4CCC3CC4)cc2cc[n+]1C. The van der Waals surface area contributed by atoms with Crippen LogP contribution in [0, 0.1) is 18.8 Å². The number of rotatable bonds is 3. The summed E-state index contributed by atoms with van der Waals surface area (Å²) in [6, 6.07) is 17.1. The van der Waals surface area contributed by atoms with Gasteiger partial charge < -0.3 is 0 Å². The highest BCUT2D eigenvalue weighted by atomic mass is 14.9. The molecule has 1 atom stereocenters. The summed E-state index contributed by atoms with van der Waals surface area (Å²) in [5.74, 6) is 3.44. The molecule has 7 rings (SSSR count). The monoisotopic (exact) mass is 424 g/mol. The molecule has 0 aliphatic heterocycles. The van der Waals surface area contributed by atoms with Crippen LogP contribution in [0.25, 0.3) is 22.0 Å². The van der Waals surface area contributed by atoms with Crippen LogP contribution in [0.3, 0.4) is 0 Å². The fraction of sp³-hybridized carbons (Fsp3) is 0.516. The van der Waals surface area contributed by atoms with Gasteiger partial charge in [0.15, 0.2) is 6.20 Å². The number of fused-ring (bicyclic) bond motifs is 4. The van der Waals surface area contributed by atoms with Crippen molar-refractivity contribution >= 4 is 10.8 Å². The van der Waals surface area contributed by atoms with Crippen molar-refractivity contribution < 1.29 is 4.57 Å². The van der Waals surface area contributed by atoms with E-state index in [-0.39, 0.29) is 0 Å². The molecule has 0 saturated heterocycles. The number of benzene rings is 2. The largest absolute Gasteiger partial charge is 0.220 e. The molecule has 4 aliphatic carbocycles. The normalized spacial score (nSPS) is 26.0. The van der Waals surface area contributed by atoms with E-state index in [1.807, 2.05) is 0 Å². The van der Waals surface area contributed by atoms with Gasteiger partial charge in [0.1, 0.15) is 7.05 Å². The van der Waals surface area contributed by atoms with Crippen LogP contribution in [0.1, 0.15) is 92.7 Å². The molecule has 0 N–H and O–H groups in total. The topological polar surface area (TPSA) is 3.88 Å². The van der Waals surface area contributed by atoms with Gasteiger partial charge in [-0.3, -0.25) is 0 Å². The van der Waals surface area contributed by atoms with E-state index in [0.29, 0.717) is 0 Å². The van der Waals surface area contributed by atoms with E-state index in [4.69, 9.17) is 0 Å². The fourth-order valence-electron chi connectivity index (χ4n) is 7.33. The van der Waals surface area contributed by atoms with Crippen molar-refractivity contribution in [2.24, 2.45) is 18.9 Å². The molecule has 4 aliphatic rings. The zero-order valence-corrected chi connectivity index (χ0v) is 19.9. The summed E-state index contributed by atoms with van der Waals surface area (Å²) in [5, 5.41) is 2.82.